The molecule has 2 aromatic rings. The number of anilines is 2. The zero-order valence-electron chi connectivity index (χ0n) is 16.1. The molecule has 1 N–H and O–H groups in total. The molecule has 0 saturated heterocycles. The van der Waals surface area contributed by atoms with Crippen molar-refractivity contribution in [2.75, 3.05) is 23.4 Å². The van der Waals surface area contributed by atoms with Crippen LogP contribution in [0.1, 0.15) is 19.4 Å². The minimum Gasteiger partial charge on any atom is -0.484 e. The fourth-order valence-electron chi connectivity index (χ4n) is 2.97. The van der Waals surface area contributed by atoms with Gasteiger partial charge in [0.1, 0.15) is 11.5 Å². The molecule has 1 atom stereocenters. The lowest BCUT2D eigenvalue weighted by atomic mass is 10.1. The number of benzene rings is 2. The van der Waals surface area contributed by atoms with Crippen molar-refractivity contribution in [1.29, 1.82) is 0 Å². The molecule has 28 heavy (non-hydrogen) atoms. The lowest BCUT2D eigenvalue weighted by Crippen LogP contribution is -2.44. The maximum atomic E-state index is 12.4. The van der Waals surface area contributed by atoms with Gasteiger partial charge in [0.25, 0.3) is 11.8 Å². The summed E-state index contributed by atoms with van der Waals surface area (Å²) < 4.78 is 11.2. The van der Waals surface area contributed by atoms with Crippen molar-refractivity contribution in [2.24, 2.45) is 0 Å². The third kappa shape index (κ3) is 4.34. The van der Waals surface area contributed by atoms with Crippen LogP contribution in [0.3, 0.4) is 0 Å². The first kappa shape index (κ1) is 19.5. The van der Waals surface area contributed by atoms with Gasteiger partial charge in [-0.25, -0.2) is 0 Å². The molecule has 2 amide bonds. The van der Waals surface area contributed by atoms with E-state index >= 15 is 0 Å². The van der Waals surface area contributed by atoms with Gasteiger partial charge in [-0.05, 0) is 49.2 Å². The molecular formula is C22H24N2O4. The Kier molecular flexibility index (Phi) is 5.99. The number of ether oxygens (including phenoxy) is 2. The van der Waals surface area contributed by atoms with Gasteiger partial charge in [0.2, 0.25) is 0 Å². The molecule has 6 heteroatoms. The van der Waals surface area contributed by atoms with Crippen molar-refractivity contribution >= 4 is 23.2 Å². The quantitative estimate of drug-likeness (QED) is 0.746. The largest absolute Gasteiger partial charge is 0.484 e. The average molecular weight is 380 g/mol. The van der Waals surface area contributed by atoms with E-state index in [1.165, 1.54) is 5.56 Å². The topological polar surface area (TPSA) is 67.9 Å². The van der Waals surface area contributed by atoms with Gasteiger partial charge in [-0.1, -0.05) is 25.1 Å². The van der Waals surface area contributed by atoms with Crippen molar-refractivity contribution in [1.82, 2.24) is 0 Å². The van der Waals surface area contributed by atoms with Crippen LogP contribution in [0, 0.1) is 0 Å². The molecule has 0 aromatic heterocycles. The van der Waals surface area contributed by atoms with Crippen LogP contribution in [0.4, 0.5) is 11.4 Å². The minimum atomic E-state index is -0.555. The van der Waals surface area contributed by atoms with Crippen LogP contribution in [0.5, 0.6) is 11.5 Å². The van der Waals surface area contributed by atoms with Crippen LogP contribution in [0.2, 0.25) is 0 Å². The van der Waals surface area contributed by atoms with Gasteiger partial charge in [-0.15, -0.1) is 6.58 Å². The molecule has 0 aliphatic carbocycles. The number of hydrogen-bond donors (Lipinski definition) is 1. The Balaban J connectivity index is 1.66. The van der Waals surface area contributed by atoms with E-state index in [4.69, 9.17) is 9.47 Å². The lowest BCUT2D eigenvalue weighted by Gasteiger charge is -2.32. The highest BCUT2D eigenvalue weighted by Gasteiger charge is 2.31. The molecule has 146 valence electrons. The molecule has 1 heterocycles. The molecule has 0 radical (unpaired) electrons. The Bertz CT molecular complexity index is 877. The van der Waals surface area contributed by atoms with E-state index in [1.54, 1.807) is 36.1 Å². The number of fused-ring (bicyclic) bond motifs is 1. The summed E-state index contributed by atoms with van der Waals surface area (Å²) >= 11 is 0. The molecule has 1 unspecified atom stereocenters. The maximum Gasteiger partial charge on any atom is 0.268 e. The number of aryl methyl sites for hydroxylation is 1. The molecule has 0 fully saturated rings. The number of amides is 2. The monoisotopic (exact) mass is 380 g/mol. The summed E-state index contributed by atoms with van der Waals surface area (Å²) in [4.78, 5) is 26.2. The highest BCUT2D eigenvalue weighted by Crippen LogP contribution is 2.36. The molecule has 3 rings (SSSR count). The molecule has 0 spiro atoms. The fraction of sp³-hybridized carbons (Fsp3) is 0.273. The molecule has 1 aliphatic rings. The zero-order valence-corrected chi connectivity index (χ0v) is 16.1. The van der Waals surface area contributed by atoms with Crippen molar-refractivity contribution < 1.29 is 19.1 Å². The van der Waals surface area contributed by atoms with Crippen molar-refractivity contribution in [2.45, 2.75) is 26.4 Å². The van der Waals surface area contributed by atoms with Gasteiger partial charge in [-0.3, -0.25) is 9.59 Å². The van der Waals surface area contributed by atoms with Crippen LogP contribution >= 0.6 is 0 Å². The van der Waals surface area contributed by atoms with Crippen LogP contribution in [0.15, 0.2) is 55.1 Å². The Morgan fingerprint density at radius 2 is 2.04 bits per heavy atom. The number of carbonyl (C=O) groups is 2. The summed E-state index contributed by atoms with van der Waals surface area (Å²) in [6.45, 7) is 7.75. The van der Waals surface area contributed by atoms with Gasteiger partial charge in [0.15, 0.2) is 12.7 Å². The van der Waals surface area contributed by atoms with Crippen LogP contribution in [-0.4, -0.2) is 31.1 Å². The maximum absolute atomic E-state index is 12.4. The summed E-state index contributed by atoms with van der Waals surface area (Å²) in [6, 6.07) is 12.8. The zero-order chi connectivity index (χ0) is 20.1. The highest BCUT2D eigenvalue weighted by atomic mass is 16.5. The normalized spacial score (nSPS) is 15.4. The third-order valence-electron chi connectivity index (χ3n) is 4.46. The third-order valence-corrected chi connectivity index (χ3v) is 4.46. The Morgan fingerprint density at radius 1 is 1.29 bits per heavy atom. The van der Waals surface area contributed by atoms with Crippen LogP contribution in [-0.2, 0) is 16.0 Å². The fourth-order valence-corrected chi connectivity index (χ4v) is 2.97. The lowest BCUT2D eigenvalue weighted by molar-refractivity contribution is -0.125. The molecule has 2 aromatic carbocycles. The second kappa shape index (κ2) is 8.61. The van der Waals surface area contributed by atoms with E-state index in [0.717, 1.165) is 6.42 Å². The summed E-state index contributed by atoms with van der Waals surface area (Å²) in [6.07, 6.45) is 2.05. The predicted molar refractivity (Wildman–Crippen MR) is 109 cm³/mol. The van der Waals surface area contributed by atoms with Crippen molar-refractivity contribution in [3.05, 3.63) is 60.7 Å². The number of hydrogen-bond acceptors (Lipinski definition) is 4. The predicted octanol–water partition coefficient (Wildman–Crippen LogP) is 3.57. The Hall–Kier alpha value is -3.28. The molecule has 1 aliphatic heterocycles. The van der Waals surface area contributed by atoms with Gasteiger partial charge in [-0.2, -0.15) is 0 Å². The van der Waals surface area contributed by atoms with E-state index in [9.17, 15) is 9.59 Å². The summed E-state index contributed by atoms with van der Waals surface area (Å²) in [5.74, 6) is 0.808. The number of carbonyl (C=O) groups excluding carboxylic acids is 2. The second-order valence-electron chi connectivity index (χ2n) is 6.51. The smallest absolute Gasteiger partial charge is 0.268 e. The molecule has 0 saturated carbocycles. The van der Waals surface area contributed by atoms with Crippen molar-refractivity contribution in [3.8, 4) is 11.5 Å². The van der Waals surface area contributed by atoms with Crippen LogP contribution in [0.25, 0.3) is 0 Å². The molecule has 0 bridgehead atoms. The Morgan fingerprint density at radius 3 is 2.71 bits per heavy atom. The number of nitrogens with zero attached hydrogens (tertiary/aromatic N) is 1. The van der Waals surface area contributed by atoms with E-state index in [1.807, 2.05) is 24.3 Å². The standard InChI is InChI=1S/C22H24N2O4/c1-4-12-24-19-13-17(8-11-20(19)28-15(3)22(24)26)23-21(25)14-27-18-9-6-16(5-2)7-10-18/h4,6-11,13,15H,1,5,12,14H2,2-3H3,(H,23,25). The van der Waals surface area contributed by atoms with Crippen molar-refractivity contribution in [3.63, 3.8) is 0 Å². The molecule has 6 nitrogen and oxygen atoms in total. The summed E-state index contributed by atoms with van der Waals surface area (Å²) in [5, 5.41) is 2.79. The Labute approximate surface area is 164 Å². The van der Waals surface area contributed by atoms with Gasteiger partial charge in [0, 0.05) is 12.2 Å². The number of rotatable bonds is 7. The summed E-state index contributed by atoms with van der Waals surface area (Å²) in [7, 11) is 0. The van der Waals surface area contributed by atoms with Gasteiger partial charge < -0.3 is 19.7 Å². The summed E-state index contributed by atoms with van der Waals surface area (Å²) in [5.41, 5.74) is 2.38. The van der Waals surface area contributed by atoms with E-state index < -0.39 is 6.10 Å². The minimum absolute atomic E-state index is 0.106. The van der Waals surface area contributed by atoms with E-state index in [-0.39, 0.29) is 18.4 Å². The highest BCUT2D eigenvalue weighted by molar-refractivity contribution is 6.01. The second-order valence-corrected chi connectivity index (χ2v) is 6.51. The molecular weight excluding hydrogens is 356 g/mol. The van der Waals surface area contributed by atoms with E-state index in [2.05, 4.69) is 18.8 Å². The van der Waals surface area contributed by atoms with Gasteiger partial charge in [0.05, 0.1) is 5.69 Å². The first-order chi connectivity index (χ1) is 13.5. The average Bonchev–Trinajstić information content (AvgIpc) is 2.70. The first-order valence-corrected chi connectivity index (χ1v) is 9.26. The SMILES string of the molecule is C=CCN1C(=O)C(C)Oc2ccc(NC(=O)COc3ccc(CC)cc3)cc21. The first-order valence-electron chi connectivity index (χ1n) is 9.26. The number of nitrogens with one attached hydrogen (secondary N) is 1. The van der Waals surface area contributed by atoms with Gasteiger partial charge >= 0.3 is 0 Å². The van der Waals surface area contributed by atoms with E-state index in [0.29, 0.717) is 29.4 Å². The van der Waals surface area contributed by atoms with Crippen LogP contribution < -0.4 is 19.7 Å².